The lowest BCUT2D eigenvalue weighted by Crippen LogP contribution is -2.36. The second kappa shape index (κ2) is 8.93. The first kappa shape index (κ1) is 22.3. The lowest BCUT2D eigenvalue weighted by Gasteiger charge is -2.16. The first-order valence-electron chi connectivity index (χ1n) is 10.3. The van der Waals surface area contributed by atoms with Gasteiger partial charge in [-0.2, -0.15) is 4.52 Å². The molecule has 2 aromatic carbocycles. The summed E-state index contributed by atoms with van der Waals surface area (Å²) in [6.07, 6.45) is -2.63. The fraction of sp³-hybridized carbons (Fsp3) is 0.273. The van der Waals surface area contributed by atoms with Crippen molar-refractivity contribution in [1.82, 2.24) is 19.6 Å². The van der Waals surface area contributed by atoms with Gasteiger partial charge in [-0.15, -0.1) is 18.3 Å². The molecule has 0 aliphatic heterocycles. The van der Waals surface area contributed by atoms with Crippen LogP contribution in [0, 0.1) is 0 Å². The summed E-state index contributed by atoms with van der Waals surface area (Å²) in [5.74, 6) is -0.476. The van der Waals surface area contributed by atoms with Crippen LogP contribution in [0.25, 0.3) is 27.9 Å². The van der Waals surface area contributed by atoms with E-state index in [2.05, 4.69) is 25.1 Å². The maximum Gasteiger partial charge on any atom is 0.573 e. The number of alkyl halides is 3. The lowest BCUT2D eigenvalue weighted by molar-refractivity contribution is -0.274. The highest BCUT2D eigenvalue weighted by Gasteiger charge is 2.31. The number of rotatable bonds is 8. The number of nitrogens with one attached hydrogen (secondary N) is 1. The van der Waals surface area contributed by atoms with Crippen molar-refractivity contribution in [3.05, 3.63) is 48.5 Å². The molecule has 0 saturated carbocycles. The molecule has 2 aromatic heterocycles. The minimum Gasteiger partial charge on any atom is -0.406 e. The van der Waals surface area contributed by atoms with Crippen molar-refractivity contribution in [2.75, 3.05) is 5.32 Å². The number of para-hydroxylation sites is 1. The number of halogens is 3. The second-order valence-electron chi connectivity index (χ2n) is 7.44. The maximum atomic E-state index is 12.6. The Labute approximate surface area is 186 Å². The molecule has 0 bridgehead atoms. The highest BCUT2D eigenvalue weighted by molar-refractivity contribution is 5.93. The largest absolute Gasteiger partial charge is 0.573 e. The van der Waals surface area contributed by atoms with Gasteiger partial charge < -0.3 is 15.8 Å². The molecule has 4 aromatic rings. The molecule has 11 heteroatoms. The zero-order valence-electron chi connectivity index (χ0n) is 17.6. The van der Waals surface area contributed by atoms with Gasteiger partial charge in [0, 0.05) is 10.9 Å². The molecular weight excluding hydrogens is 437 g/mol. The summed E-state index contributed by atoms with van der Waals surface area (Å²) in [6.45, 7) is 2.00. The van der Waals surface area contributed by atoms with Crippen LogP contribution in [0.1, 0.15) is 26.2 Å². The summed E-state index contributed by atoms with van der Waals surface area (Å²) in [7, 11) is 0. The third-order valence-electron chi connectivity index (χ3n) is 5.00. The summed E-state index contributed by atoms with van der Waals surface area (Å²) in [6, 6.07) is 12.0. The van der Waals surface area contributed by atoms with Gasteiger partial charge in [-0.05, 0) is 30.7 Å². The third kappa shape index (κ3) is 4.97. The molecule has 0 aliphatic rings. The number of aromatic nitrogens is 4. The minimum absolute atomic E-state index is 0.174. The second-order valence-corrected chi connectivity index (χ2v) is 7.44. The van der Waals surface area contributed by atoms with Crippen LogP contribution in [0.5, 0.6) is 5.75 Å². The number of ether oxygens (including phenoxy) is 1. The minimum atomic E-state index is -4.82. The van der Waals surface area contributed by atoms with Gasteiger partial charge in [0.25, 0.3) is 0 Å². The molecule has 33 heavy (non-hydrogen) atoms. The van der Waals surface area contributed by atoms with Crippen LogP contribution in [-0.2, 0) is 4.79 Å². The van der Waals surface area contributed by atoms with E-state index < -0.39 is 18.3 Å². The van der Waals surface area contributed by atoms with Crippen LogP contribution in [-0.4, -0.2) is 37.9 Å². The monoisotopic (exact) mass is 458 g/mol. The van der Waals surface area contributed by atoms with Gasteiger partial charge in [-0.1, -0.05) is 44.0 Å². The van der Waals surface area contributed by atoms with E-state index in [1.165, 1.54) is 22.7 Å². The van der Waals surface area contributed by atoms with Crippen molar-refractivity contribution in [3.63, 3.8) is 0 Å². The topological polar surface area (TPSA) is 107 Å². The molecule has 3 N–H and O–H groups in total. The van der Waals surface area contributed by atoms with Gasteiger partial charge in [-0.3, -0.25) is 4.79 Å². The van der Waals surface area contributed by atoms with E-state index in [0.717, 1.165) is 12.8 Å². The Morgan fingerprint density at radius 3 is 2.70 bits per heavy atom. The predicted octanol–water partition coefficient (Wildman–Crippen LogP) is 4.30. The summed E-state index contributed by atoms with van der Waals surface area (Å²) in [4.78, 5) is 21.1. The van der Waals surface area contributed by atoms with E-state index in [1.807, 2.05) is 25.1 Å². The highest BCUT2D eigenvalue weighted by Crippen LogP contribution is 2.29. The van der Waals surface area contributed by atoms with Crippen molar-refractivity contribution in [1.29, 1.82) is 0 Å². The molecule has 1 atom stereocenters. The first-order valence-corrected chi connectivity index (χ1v) is 10.3. The molecule has 0 saturated heterocycles. The molecule has 0 unspecified atom stereocenters. The first-order chi connectivity index (χ1) is 15.7. The van der Waals surface area contributed by atoms with Crippen molar-refractivity contribution in [2.45, 2.75) is 38.6 Å². The van der Waals surface area contributed by atoms with Gasteiger partial charge >= 0.3 is 6.36 Å². The number of primary amides is 1. The highest BCUT2D eigenvalue weighted by atomic mass is 19.4. The number of carbonyl (C=O) groups is 1. The van der Waals surface area contributed by atoms with Gasteiger partial charge in [0.15, 0.2) is 11.5 Å². The van der Waals surface area contributed by atoms with Gasteiger partial charge in [0.1, 0.15) is 11.8 Å². The number of hydrogen-bond acceptors (Lipinski definition) is 6. The predicted molar refractivity (Wildman–Crippen MR) is 117 cm³/mol. The average molecular weight is 458 g/mol. The number of hydrogen-bond donors (Lipinski definition) is 2. The Hall–Kier alpha value is -3.89. The van der Waals surface area contributed by atoms with E-state index in [1.54, 1.807) is 12.1 Å². The summed E-state index contributed by atoms with van der Waals surface area (Å²) in [5.41, 5.74) is 6.93. The smallest absolute Gasteiger partial charge is 0.406 e. The summed E-state index contributed by atoms with van der Waals surface area (Å²) < 4.78 is 43.3. The van der Waals surface area contributed by atoms with Crippen LogP contribution >= 0.6 is 0 Å². The molecule has 1 amide bonds. The zero-order valence-corrected chi connectivity index (χ0v) is 17.6. The number of benzene rings is 2. The van der Waals surface area contributed by atoms with Gasteiger partial charge in [0.2, 0.25) is 11.9 Å². The van der Waals surface area contributed by atoms with Gasteiger partial charge in [0.05, 0.1) is 5.52 Å². The zero-order chi connectivity index (χ0) is 23.6. The quantitative estimate of drug-likeness (QED) is 0.408. The van der Waals surface area contributed by atoms with E-state index in [-0.39, 0.29) is 17.5 Å². The summed E-state index contributed by atoms with van der Waals surface area (Å²) >= 11 is 0. The number of unbranched alkanes of at least 4 members (excludes halogenated alkanes) is 1. The van der Waals surface area contributed by atoms with Gasteiger partial charge in [-0.25, -0.2) is 9.97 Å². The molecule has 0 spiro atoms. The number of nitrogens with zero attached hydrogens (tertiary/aromatic N) is 4. The molecule has 0 fully saturated rings. The molecule has 0 aliphatic carbocycles. The summed E-state index contributed by atoms with van der Waals surface area (Å²) in [5, 5.41) is 8.20. The van der Waals surface area contributed by atoms with E-state index in [9.17, 15) is 18.0 Å². The van der Waals surface area contributed by atoms with E-state index >= 15 is 0 Å². The number of fused-ring (bicyclic) bond motifs is 3. The normalized spacial score (nSPS) is 12.7. The van der Waals surface area contributed by atoms with Crippen LogP contribution < -0.4 is 15.8 Å². The van der Waals surface area contributed by atoms with Crippen LogP contribution in [0.3, 0.4) is 0 Å². The molecule has 4 rings (SSSR count). The standard InChI is InChI=1S/C22H21F3N6O2/c1-2-3-10-17(18(26)32)28-21-27-16-11-5-4-9-15(16)20-29-19(30-31(20)21)13-7-6-8-14(12-13)33-22(23,24)25/h4-9,11-12,17H,2-3,10H2,1H3,(H2,26,32)(H,27,28)/t17-/m0/s1. The number of nitrogens with two attached hydrogens (primary N) is 1. The van der Waals surface area contributed by atoms with Crippen molar-refractivity contribution >= 4 is 28.4 Å². The van der Waals surface area contributed by atoms with Crippen molar-refractivity contribution < 1.29 is 22.7 Å². The van der Waals surface area contributed by atoms with Crippen LogP contribution in [0.4, 0.5) is 19.1 Å². The maximum absolute atomic E-state index is 12.6. The Morgan fingerprint density at radius 1 is 1.18 bits per heavy atom. The fourth-order valence-electron chi connectivity index (χ4n) is 3.45. The Morgan fingerprint density at radius 2 is 1.97 bits per heavy atom. The molecule has 172 valence electrons. The Balaban J connectivity index is 1.82. The van der Waals surface area contributed by atoms with Crippen molar-refractivity contribution in [3.8, 4) is 17.1 Å². The van der Waals surface area contributed by atoms with Crippen LogP contribution in [0.2, 0.25) is 0 Å². The number of anilines is 1. The number of amides is 1. The van der Waals surface area contributed by atoms with Crippen molar-refractivity contribution in [2.24, 2.45) is 5.73 Å². The molecule has 0 radical (unpaired) electrons. The van der Waals surface area contributed by atoms with E-state index in [0.29, 0.717) is 28.5 Å². The Kier molecular flexibility index (Phi) is 6.03. The SMILES string of the molecule is CCCC[C@H](Nc1nc2ccccc2c2nc(-c3cccc(OC(F)(F)F)c3)nn12)C(N)=O. The average Bonchev–Trinajstić information content (AvgIpc) is 3.21. The Bertz CT molecular complexity index is 1300. The third-order valence-corrected chi connectivity index (χ3v) is 5.00. The fourth-order valence-corrected chi connectivity index (χ4v) is 3.45. The van der Waals surface area contributed by atoms with E-state index in [4.69, 9.17) is 5.73 Å². The molecule has 2 heterocycles. The lowest BCUT2D eigenvalue weighted by atomic mass is 10.1. The molecule has 8 nitrogen and oxygen atoms in total. The number of carbonyl (C=O) groups excluding carboxylic acids is 1. The van der Waals surface area contributed by atoms with Crippen LogP contribution in [0.15, 0.2) is 48.5 Å². The molecular formula is C22H21F3N6O2.